The van der Waals surface area contributed by atoms with E-state index in [0.717, 1.165) is 43.1 Å². The van der Waals surface area contributed by atoms with E-state index in [1.165, 1.54) is 25.7 Å². The smallest absolute Gasteiger partial charge is 0.122 e. The lowest BCUT2D eigenvalue weighted by Gasteiger charge is -2.11. The predicted molar refractivity (Wildman–Crippen MR) is 80.9 cm³/mol. The van der Waals surface area contributed by atoms with Gasteiger partial charge in [-0.2, -0.15) is 0 Å². The van der Waals surface area contributed by atoms with Gasteiger partial charge in [0, 0.05) is 0 Å². The van der Waals surface area contributed by atoms with Crippen LogP contribution < -0.4 is 9.47 Å². The molecule has 0 heterocycles. The highest BCUT2D eigenvalue weighted by Gasteiger charge is 2.02. The molecule has 1 aromatic rings. The third-order valence-electron chi connectivity index (χ3n) is 3.05. The van der Waals surface area contributed by atoms with E-state index in [4.69, 9.17) is 9.47 Å². The normalized spacial score (nSPS) is 10.5. The molecule has 2 heteroatoms. The molecule has 0 spiro atoms. The maximum atomic E-state index is 5.72. The van der Waals surface area contributed by atoms with Crippen LogP contribution >= 0.6 is 0 Å². The number of ether oxygens (including phenoxy) is 2. The van der Waals surface area contributed by atoms with Crippen molar-refractivity contribution in [2.75, 3.05) is 13.2 Å². The van der Waals surface area contributed by atoms with E-state index in [-0.39, 0.29) is 0 Å². The Labute approximate surface area is 118 Å². The second-order valence-corrected chi connectivity index (χ2v) is 4.88. The van der Waals surface area contributed by atoms with Gasteiger partial charge in [0.2, 0.25) is 0 Å². The van der Waals surface area contributed by atoms with Gasteiger partial charge in [-0.1, -0.05) is 39.5 Å². The van der Waals surface area contributed by atoms with E-state index in [1.54, 1.807) is 0 Å². The third-order valence-corrected chi connectivity index (χ3v) is 3.05. The molecule has 0 bridgehead atoms. The number of hydrogen-bond donors (Lipinski definition) is 0. The maximum Gasteiger partial charge on any atom is 0.122 e. The lowest BCUT2D eigenvalue weighted by molar-refractivity contribution is 0.297. The van der Waals surface area contributed by atoms with Crippen molar-refractivity contribution in [3.8, 4) is 11.5 Å². The van der Waals surface area contributed by atoms with E-state index < -0.39 is 0 Å². The highest BCUT2D eigenvalue weighted by Crippen LogP contribution is 2.23. The zero-order valence-electron chi connectivity index (χ0n) is 12.4. The van der Waals surface area contributed by atoms with Crippen molar-refractivity contribution >= 4 is 0 Å². The van der Waals surface area contributed by atoms with Crippen molar-refractivity contribution in [1.82, 2.24) is 0 Å². The highest BCUT2D eigenvalue weighted by atomic mass is 16.5. The highest BCUT2D eigenvalue weighted by molar-refractivity contribution is 5.41. The Morgan fingerprint density at radius 2 is 1.53 bits per heavy atom. The molecule has 1 rings (SSSR count). The first-order chi connectivity index (χ1) is 9.27. The zero-order valence-corrected chi connectivity index (χ0v) is 12.4. The topological polar surface area (TPSA) is 18.5 Å². The second-order valence-electron chi connectivity index (χ2n) is 4.88. The van der Waals surface area contributed by atoms with Crippen LogP contribution in [-0.4, -0.2) is 13.2 Å². The van der Waals surface area contributed by atoms with Gasteiger partial charge in [-0.15, -0.1) is 0 Å². The first kappa shape index (κ1) is 15.9. The molecule has 2 nitrogen and oxygen atoms in total. The monoisotopic (exact) mass is 263 g/mol. The van der Waals surface area contributed by atoms with Gasteiger partial charge in [0.25, 0.3) is 0 Å². The molecule has 0 saturated heterocycles. The molecule has 19 heavy (non-hydrogen) atoms. The molecule has 0 aliphatic rings. The Morgan fingerprint density at radius 1 is 0.895 bits per heavy atom. The van der Waals surface area contributed by atoms with E-state index >= 15 is 0 Å². The molecule has 0 saturated carbocycles. The van der Waals surface area contributed by atoms with Crippen LogP contribution in [0.4, 0.5) is 0 Å². The second kappa shape index (κ2) is 9.71. The van der Waals surface area contributed by atoms with Crippen LogP contribution in [0.5, 0.6) is 11.5 Å². The van der Waals surface area contributed by atoms with Crippen molar-refractivity contribution in [3.05, 3.63) is 30.7 Å². The molecular weight excluding hydrogens is 236 g/mol. The van der Waals surface area contributed by atoms with Gasteiger partial charge < -0.3 is 9.47 Å². The standard InChI is InChI=1S/C17H27O2/c1-4-6-8-12-18-16-10-11-17(15(3)14-16)19-13-9-7-5-2/h10-11,14H,3-9,12-13H2,1-2H3. The molecule has 1 aromatic carbocycles. The van der Waals surface area contributed by atoms with Gasteiger partial charge in [-0.25, -0.2) is 0 Å². The van der Waals surface area contributed by atoms with Gasteiger partial charge >= 0.3 is 0 Å². The molecule has 1 radical (unpaired) electrons. The van der Waals surface area contributed by atoms with E-state index in [9.17, 15) is 0 Å². The molecule has 0 aliphatic heterocycles. The van der Waals surface area contributed by atoms with Gasteiger partial charge in [-0.3, -0.25) is 0 Å². The van der Waals surface area contributed by atoms with E-state index in [0.29, 0.717) is 0 Å². The fourth-order valence-electron chi connectivity index (χ4n) is 1.86. The number of benzene rings is 1. The SMILES string of the molecule is [CH2]c1cc(OCCCCC)ccc1OCCCCC. The third kappa shape index (κ3) is 6.51. The summed E-state index contributed by atoms with van der Waals surface area (Å²) in [7, 11) is 0. The van der Waals surface area contributed by atoms with Crippen LogP contribution in [0, 0.1) is 6.92 Å². The molecule has 0 aliphatic carbocycles. The van der Waals surface area contributed by atoms with Crippen LogP contribution in [0.3, 0.4) is 0 Å². The van der Waals surface area contributed by atoms with Crippen molar-refractivity contribution < 1.29 is 9.47 Å². The summed E-state index contributed by atoms with van der Waals surface area (Å²) in [4.78, 5) is 0. The average molecular weight is 263 g/mol. The molecular formula is C17H27O2. The van der Waals surface area contributed by atoms with E-state index in [1.807, 2.05) is 18.2 Å². The minimum atomic E-state index is 0.771. The largest absolute Gasteiger partial charge is 0.494 e. The van der Waals surface area contributed by atoms with Gasteiger partial charge in [-0.05, 0) is 43.5 Å². The summed E-state index contributed by atoms with van der Waals surface area (Å²) in [6.45, 7) is 9.96. The molecule has 0 fully saturated rings. The van der Waals surface area contributed by atoms with Crippen LogP contribution in [0.1, 0.15) is 57.9 Å². The van der Waals surface area contributed by atoms with Crippen LogP contribution in [0.2, 0.25) is 0 Å². The quantitative estimate of drug-likeness (QED) is 0.553. The summed E-state index contributed by atoms with van der Waals surface area (Å²) in [6, 6.07) is 5.89. The maximum absolute atomic E-state index is 5.72. The number of unbranched alkanes of at least 4 members (excludes halogenated alkanes) is 4. The van der Waals surface area contributed by atoms with Gasteiger partial charge in [0.05, 0.1) is 13.2 Å². The fourth-order valence-corrected chi connectivity index (χ4v) is 1.86. The lowest BCUT2D eigenvalue weighted by atomic mass is 10.2. The van der Waals surface area contributed by atoms with Crippen LogP contribution in [-0.2, 0) is 0 Å². The number of hydrogen-bond acceptors (Lipinski definition) is 2. The Bertz CT molecular complexity index is 347. The van der Waals surface area contributed by atoms with Gasteiger partial charge in [0.15, 0.2) is 0 Å². The van der Waals surface area contributed by atoms with Crippen molar-refractivity contribution in [1.29, 1.82) is 0 Å². The molecule has 0 aromatic heterocycles. The molecule has 0 amide bonds. The predicted octanol–water partition coefficient (Wildman–Crippen LogP) is 5.01. The Kier molecular flexibility index (Phi) is 8.11. The molecule has 107 valence electrons. The zero-order chi connectivity index (χ0) is 13.9. The van der Waals surface area contributed by atoms with Crippen LogP contribution in [0.25, 0.3) is 0 Å². The summed E-state index contributed by atoms with van der Waals surface area (Å²) in [5.74, 6) is 1.76. The van der Waals surface area contributed by atoms with Crippen LogP contribution in [0.15, 0.2) is 18.2 Å². The number of rotatable bonds is 10. The Hall–Kier alpha value is -1.18. The molecule has 0 unspecified atom stereocenters. The van der Waals surface area contributed by atoms with Crippen molar-refractivity contribution in [2.45, 2.75) is 52.4 Å². The minimum absolute atomic E-state index is 0.771. The summed E-state index contributed by atoms with van der Waals surface area (Å²) in [6.07, 6.45) is 7.07. The first-order valence-electron chi connectivity index (χ1n) is 7.49. The summed E-state index contributed by atoms with van der Waals surface area (Å²) in [5, 5.41) is 0. The Balaban J connectivity index is 2.36. The average Bonchev–Trinajstić information content (AvgIpc) is 2.42. The summed E-state index contributed by atoms with van der Waals surface area (Å²) < 4.78 is 11.4. The minimum Gasteiger partial charge on any atom is -0.494 e. The molecule has 0 N–H and O–H groups in total. The first-order valence-corrected chi connectivity index (χ1v) is 7.49. The summed E-state index contributed by atoms with van der Waals surface area (Å²) >= 11 is 0. The fraction of sp³-hybridized carbons (Fsp3) is 0.588. The van der Waals surface area contributed by atoms with E-state index in [2.05, 4.69) is 20.8 Å². The Morgan fingerprint density at radius 3 is 2.11 bits per heavy atom. The molecule has 0 atom stereocenters. The van der Waals surface area contributed by atoms with Crippen molar-refractivity contribution in [2.24, 2.45) is 0 Å². The van der Waals surface area contributed by atoms with Crippen molar-refractivity contribution in [3.63, 3.8) is 0 Å². The summed E-state index contributed by atoms with van der Waals surface area (Å²) in [5.41, 5.74) is 0.907. The van der Waals surface area contributed by atoms with Gasteiger partial charge in [0.1, 0.15) is 11.5 Å². The lowest BCUT2D eigenvalue weighted by Crippen LogP contribution is -2.00.